The van der Waals surface area contributed by atoms with E-state index in [1.807, 2.05) is 30.3 Å². The van der Waals surface area contributed by atoms with E-state index in [-0.39, 0.29) is 61.5 Å². The molecule has 9 nitrogen and oxygen atoms in total. The van der Waals surface area contributed by atoms with Gasteiger partial charge in [-0.25, -0.2) is 13.4 Å². The number of carbonyl (C=O) groups excluding carboxylic acids is 3. The van der Waals surface area contributed by atoms with Gasteiger partial charge in [-0.05, 0) is 24.6 Å². The highest BCUT2D eigenvalue weighted by Gasteiger charge is 2.33. The Labute approximate surface area is 198 Å². The molecule has 0 unspecified atom stereocenters. The van der Waals surface area contributed by atoms with Gasteiger partial charge in [0.2, 0.25) is 15.9 Å². The minimum absolute atomic E-state index is 0.115. The summed E-state index contributed by atoms with van der Waals surface area (Å²) >= 11 is 0. The van der Waals surface area contributed by atoms with Crippen molar-refractivity contribution >= 4 is 33.3 Å². The second kappa shape index (κ2) is 9.86. The van der Waals surface area contributed by atoms with E-state index >= 15 is 0 Å². The second-order valence-corrected chi connectivity index (χ2v) is 10.2. The van der Waals surface area contributed by atoms with Gasteiger partial charge in [-0.15, -0.1) is 0 Å². The van der Waals surface area contributed by atoms with Crippen LogP contribution >= 0.6 is 0 Å². The van der Waals surface area contributed by atoms with E-state index < -0.39 is 10.0 Å². The molecule has 0 radical (unpaired) electrons. The van der Waals surface area contributed by atoms with Gasteiger partial charge in [-0.3, -0.25) is 14.4 Å². The fourth-order valence-electron chi connectivity index (χ4n) is 3.96. The number of sulfonamides is 1. The summed E-state index contributed by atoms with van der Waals surface area (Å²) in [6, 6.07) is 15.3. The maximum absolute atomic E-state index is 13.0. The van der Waals surface area contributed by atoms with Crippen molar-refractivity contribution in [3.63, 3.8) is 0 Å². The zero-order chi connectivity index (χ0) is 24.3. The third-order valence-electron chi connectivity index (χ3n) is 5.95. The van der Waals surface area contributed by atoms with Crippen molar-refractivity contribution in [2.24, 2.45) is 5.10 Å². The summed E-state index contributed by atoms with van der Waals surface area (Å²) in [6.45, 7) is 2.49. The van der Waals surface area contributed by atoms with Gasteiger partial charge >= 0.3 is 0 Å². The molecule has 0 spiro atoms. The van der Waals surface area contributed by atoms with Crippen LogP contribution in [0.5, 0.6) is 0 Å². The smallest absolute Gasteiger partial charge is 0.270 e. The molecular formula is C24H26N4O5S. The van der Waals surface area contributed by atoms with E-state index in [9.17, 15) is 22.8 Å². The molecule has 2 aliphatic rings. The first-order valence-corrected chi connectivity index (χ1v) is 12.5. The highest BCUT2D eigenvalue weighted by molar-refractivity contribution is 7.89. The number of hydrazone groups is 1. The standard InChI is InChI=1S/C24H26N4O5S/c1-18(29)20-7-9-21(10-8-20)34(32,33)27-15-13-26(14-16-27)24(31)22-11-12-23(30)28(25-22)17-19-5-3-2-4-6-19/h2-10H,11-17H2,1H3. The van der Waals surface area contributed by atoms with Gasteiger partial charge in [0.25, 0.3) is 5.91 Å². The van der Waals surface area contributed by atoms with Gasteiger partial charge in [-0.1, -0.05) is 42.5 Å². The van der Waals surface area contributed by atoms with Crippen LogP contribution < -0.4 is 0 Å². The van der Waals surface area contributed by atoms with Crippen molar-refractivity contribution in [3.05, 3.63) is 65.7 Å². The summed E-state index contributed by atoms with van der Waals surface area (Å²) in [4.78, 5) is 38.5. The lowest BCUT2D eigenvalue weighted by Gasteiger charge is -2.35. The first-order chi connectivity index (χ1) is 16.3. The number of hydrogen-bond acceptors (Lipinski definition) is 6. The molecule has 2 amide bonds. The lowest BCUT2D eigenvalue weighted by atomic mass is 10.1. The monoisotopic (exact) mass is 482 g/mol. The normalized spacial score (nSPS) is 17.4. The van der Waals surface area contributed by atoms with E-state index in [1.54, 1.807) is 4.90 Å². The topological polar surface area (TPSA) is 107 Å². The minimum Gasteiger partial charge on any atom is -0.335 e. The molecule has 10 heteroatoms. The molecule has 178 valence electrons. The summed E-state index contributed by atoms with van der Waals surface area (Å²) in [5, 5.41) is 5.65. The van der Waals surface area contributed by atoms with Crippen molar-refractivity contribution in [2.75, 3.05) is 26.2 Å². The molecule has 4 rings (SSSR count). The Kier molecular flexibility index (Phi) is 6.90. The van der Waals surface area contributed by atoms with Gasteiger partial charge in [-0.2, -0.15) is 9.41 Å². The number of hydrogen-bond donors (Lipinski definition) is 0. The number of amides is 2. The molecule has 2 aromatic carbocycles. The Morgan fingerprint density at radius 2 is 1.56 bits per heavy atom. The van der Waals surface area contributed by atoms with Gasteiger partial charge in [0.15, 0.2) is 5.78 Å². The molecular weight excluding hydrogens is 456 g/mol. The Morgan fingerprint density at radius 1 is 0.912 bits per heavy atom. The van der Waals surface area contributed by atoms with Crippen LogP contribution in [0.3, 0.4) is 0 Å². The van der Waals surface area contributed by atoms with E-state index in [2.05, 4.69) is 5.10 Å². The molecule has 0 N–H and O–H groups in total. The zero-order valence-electron chi connectivity index (χ0n) is 18.9. The van der Waals surface area contributed by atoms with Crippen molar-refractivity contribution < 1.29 is 22.8 Å². The first-order valence-electron chi connectivity index (χ1n) is 11.1. The number of rotatable bonds is 6. The summed E-state index contributed by atoms with van der Waals surface area (Å²) in [5.41, 5.74) is 1.68. The van der Waals surface area contributed by atoms with Crippen LogP contribution in [-0.2, 0) is 26.2 Å². The van der Waals surface area contributed by atoms with Crippen molar-refractivity contribution in [3.8, 4) is 0 Å². The summed E-state index contributed by atoms with van der Waals surface area (Å²) in [7, 11) is -3.73. The fourth-order valence-corrected chi connectivity index (χ4v) is 5.38. The lowest BCUT2D eigenvalue weighted by molar-refractivity contribution is -0.132. The van der Waals surface area contributed by atoms with Crippen LogP contribution in [0.1, 0.15) is 35.7 Å². The van der Waals surface area contributed by atoms with Crippen LogP contribution in [0.4, 0.5) is 0 Å². The number of benzene rings is 2. The van der Waals surface area contributed by atoms with Gasteiger partial charge in [0.05, 0.1) is 11.4 Å². The average molecular weight is 483 g/mol. The number of piperazine rings is 1. The molecule has 2 aromatic rings. The molecule has 2 heterocycles. The van der Waals surface area contributed by atoms with Crippen molar-refractivity contribution in [1.29, 1.82) is 0 Å². The fraction of sp³-hybridized carbons (Fsp3) is 0.333. The predicted octanol–water partition coefficient (Wildman–Crippen LogP) is 1.90. The maximum atomic E-state index is 13.0. The molecule has 0 saturated carbocycles. The van der Waals surface area contributed by atoms with E-state index in [4.69, 9.17) is 0 Å². The third-order valence-corrected chi connectivity index (χ3v) is 7.86. The predicted molar refractivity (Wildman–Crippen MR) is 125 cm³/mol. The highest BCUT2D eigenvalue weighted by atomic mass is 32.2. The van der Waals surface area contributed by atoms with Crippen LogP contribution in [0.25, 0.3) is 0 Å². The Hall–Kier alpha value is -3.37. The summed E-state index contributed by atoms with van der Waals surface area (Å²) in [6.07, 6.45) is 0.478. The molecule has 1 saturated heterocycles. The van der Waals surface area contributed by atoms with Crippen molar-refractivity contribution in [2.45, 2.75) is 31.2 Å². The van der Waals surface area contributed by atoms with E-state index in [1.165, 1.54) is 40.5 Å². The Bertz CT molecular complexity index is 1220. The first kappa shape index (κ1) is 23.8. The maximum Gasteiger partial charge on any atom is 0.270 e. The molecule has 0 atom stereocenters. The largest absolute Gasteiger partial charge is 0.335 e. The molecule has 0 aromatic heterocycles. The summed E-state index contributed by atoms with van der Waals surface area (Å²) in [5.74, 6) is -0.536. The van der Waals surface area contributed by atoms with Gasteiger partial charge < -0.3 is 4.90 Å². The van der Waals surface area contributed by atoms with Crippen LogP contribution in [0, 0.1) is 0 Å². The Morgan fingerprint density at radius 3 is 2.18 bits per heavy atom. The number of Topliss-reactive ketones (excluding diaryl/α,β-unsaturated/α-hetero) is 1. The van der Waals surface area contributed by atoms with Gasteiger partial charge in [0, 0.05) is 44.6 Å². The van der Waals surface area contributed by atoms with E-state index in [0.29, 0.717) is 17.8 Å². The number of carbonyl (C=O) groups is 3. The quantitative estimate of drug-likeness (QED) is 0.585. The lowest BCUT2D eigenvalue weighted by Crippen LogP contribution is -2.52. The van der Waals surface area contributed by atoms with E-state index in [0.717, 1.165) is 5.56 Å². The molecule has 0 aliphatic carbocycles. The van der Waals surface area contributed by atoms with Gasteiger partial charge in [0.1, 0.15) is 5.71 Å². The minimum atomic E-state index is -3.73. The molecule has 0 bridgehead atoms. The van der Waals surface area contributed by atoms with Crippen LogP contribution in [-0.4, -0.2) is 72.1 Å². The number of ketones is 1. The average Bonchev–Trinajstić information content (AvgIpc) is 2.85. The second-order valence-electron chi connectivity index (χ2n) is 8.26. The molecule has 2 aliphatic heterocycles. The van der Waals surface area contributed by atoms with Crippen molar-refractivity contribution in [1.82, 2.24) is 14.2 Å². The zero-order valence-corrected chi connectivity index (χ0v) is 19.7. The molecule has 1 fully saturated rings. The SMILES string of the molecule is CC(=O)c1ccc(S(=O)(=O)N2CCN(C(=O)C3=NN(Cc4ccccc4)C(=O)CC3)CC2)cc1. The molecule has 34 heavy (non-hydrogen) atoms. The number of nitrogens with zero attached hydrogens (tertiary/aromatic N) is 4. The Balaban J connectivity index is 1.40. The van der Waals surface area contributed by atoms with Crippen LogP contribution in [0.15, 0.2) is 64.6 Å². The van der Waals surface area contributed by atoms with Crippen LogP contribution in [0.2, 0.25) is 0 Å². The summed E-state index contributed by atoms with van der Waals surface area (Å²) < 4.78 is 27.3. The third kappa shape index (κ3) is 5.07. The highest BCUT2D eigenvalue weighted by Crippen LogP contribution is 2.20.